The van der Waals surface area contributed by atoms with Crippen molar-refractivity contribution in [2.24, 2.45) is 5.41 Å². The molecule has 156 valence electrons. The van der Waals surface area contributed by atoms with Gasteiger partial charge in [0.1, 0.15) is 0 Å². The molecule has 1 aromatic rings. The molecular weight excluding hydrogens is 447 g/mol. The van der Waals surface area contributed by atoms with E-state index in [1.807, 2.05) is 3.88 Å². The maximum atomic E-state index is 2.73. The molecule has 3 aliphatic rings. The smallest absolute Gasteiger partial charge is 1.00 e. The van der Waals surface area contributed by atoms with Gasteiger partial charge in [0.2, 0.25) is 0 Å². The Kier molecular flexibility index (Phi) is 7.68. The summed E-state index contributed by atoms with van der Waals surface area (Å²) in [6, 6.07) is 14.0. The molecule has 0 aromatic heterocycles. The van der Waals surface area contributed by atoms with Crippen LogP contribution in [-0.4, -0.2) is 8.07 Å². The molecule has 4 heteroatoms. The number of hydrogen-bond acceptors (Lipinski definition) is 0. The van der Waals surface area contributed by atoms with Crippen molar-refractivity contribution in [1.29, 1.82) is 0 Å². The first kappa shape index (κ1) is 25.2. The first-order valence-corrected chi connectivity index (χ1v) is 14.9. The molecule has 29 heavy (non-hydrogen) atoms. The van der Waals surface area contributed by atoms with Crippen LogP contribution in [0.3, 0.4) is 0 Å². The zero-order valence-electron chi connectivity index (χ0n) is 18.8. The predicted octanol–water partition coefficient (Wildman–Crippen LogP) is 1.45. The Morgan fingerprint density at radius 3 is 2.17 bits per heavy atom. The van der Waals surface area contributed by atoms with Gasteiger partial charge in [-0.25, -0.2) is 0 Å². The van der Waals surface area contributed by atoms with E-state index in [1.165, 1.54) is 24.4 Å². The average molecular weight is 481 g/mol. The van der Waals surface area contributed by atoms with Gasteiger partial charge in [0.15, 0.2) is 0 Å². The maximum Gasteiger partial charge on any atom is -1.00 e. The second-order valence-corrected chi connectivity index (χ2v) is 17.6. The summed E-state index contributed by atoms with van der Waals surface area (Å²) in [5.41, 5.74) is 8.32. The van der Waals surface area contributed by atoms with Crippen LogP contribution in [0.2, 0.25) is 18.1 Å². The van der Waals surface area contributed by atoms with Gasteiger partial charge >= 0.3 is 177 Å². The third-order valence-corrected chi connectivity index (χ3v) is 20.6. The molecule has 1 saturated heterocycles. The van der Waals surface area contributed by atoms with E-state index in [9.17, 15) is 0 Å². The van der Waals surface area contributed by atoms with Crippen LogP contribution >= 0.6 is 0 Å². The molecule has 0 bridgehead atoms. The Hall–Kier alpha value is -0.0488. The first-order chi connectivity index (χ1) is 12.8. The molecule has 0 amide bonds. The summed E-state index contributed by atoms with van der Waals surface area (Å²) in [4.78, 5) is 0. The van der Waals surface area contributed by atoms with Crippen molar-refractivity contribution >= 4 is 14.1 Å². The Morgan fingerprint density at radius 1 is 1.00 bits per heavy atom. The Morgan fingerprint density at radius 2 is 1.66 bits per heavy atom. The van der Waals surface area contributed by atoms with E-state index in [4.69, 9.17) is 0 Å². The van der Waals surface area contributed by atoms with Gasteiger partial charge < -0.3 is 24.8 Å². The zero-order valence-corrected chi connectivity index (χ0v) is 22.8. The van der Waals surface area contributed by atoms with Crippen LogP contribution in [0.1, 0.15) is 65.5 Å². The Balaban J connectivity index is 0.00000150. The molecule has 1 atom stereocenters. The molecule has 1 fully saturated rings. The SMILES string of the molecule is CCC[Si]1([C]2([Ti+2][C]3=C(C)C(C)=C(C)C3(C)C)C=Cc3ccccc32)CCC1.[Cl-].[Cl-]. The van der Waals surface area contributed by atoms with Crippen LogP contribution in [0.5, 0.6) is 0 Å². The first-order valence-electron chi connectivity index (χ1n) is 10.8. The summed E-state index contributed by atoms with van der Waals surface area (Å²) in [6.07, 6.45) is 8.08. The van der Waals surface area contributed by atoms with Gasteiger partial charge in [0, 0.05) is 0 Å². The van der Waals surface area contributed by atoms with Gasteiger partial charge in [0.05, 0.1) is 0 Å². The van der Waals surface area contributed by atoms with Gasteiger partial charge in [-0.3, -0.25) is 0 Å². The quantitative estimate of drug-likeness (QED) is 0.559. The second-order valence-electron chi connectivity index (χ2n) is 9.61. The monoisotopic (exact) mass is 480 g/mol. The summed E-state index contributed by atoms with van der Waals surface area (Å²) in [6.45, 7) is 14.6. The van der Waals surface area contributed by atoms with Crippen molar-refractivity contribution in [3.8, 4) is 0 Å². The van der Waals surface area contributed by atoms with E-state index in [1.54, 1.807) is 34.4 Å². The number of hydrogen-bond donors (Lipinski definition) is 0. The summed E-state index contributed by atoms with van der Waals surface area (Å²) < 4.78 is 2.28. The number of benzene rings is 1. The van der Waals surface area contributed by atoms with Crippen LogP contribution in [-0.2, 0) is 22.5 Å². The minimum absolute atomic E-state index is 0. The summed E-state index contributed by atoms with van der Waals surface area (Å²) in [5, 5.41) is 0. The van der Waals surface area contributed by atoms with Gasteiger partial charge in [-0.1, -0.05) is 0 Å². The molecule has 4 rings (SSSR count). The van der Waals surface area contributed by atoms with Crippen molar-refractivity contribution in [3.63, 3.8) is 0 Å². The number of fused-ring (bicyclic) bond motifs is 1. The molecule has 0 N–H and O–H groups in total. The number of allylic oxidation sites excluding steroid dienone is 5. The van der Waals surface area contributed by atoms with E-state index in [0.717, 1.165) is 0 Å². The van der Waals surface area contributed by atoms with E-state index < -0.39 is 8.07 Å². The molecule has 1 heterocycles. The molecule has 1 unspecified atom stereocenters. The van der Waals surface area contributed by atoms with Crippen molar-refractivity contribution in [3.05, 3.63) is 62.1 Å². The molecule has 1 aliphatic heterocycles. The summed E-state index contributed by atoms with van der Waals surface area (Å²) in [7, 11) is -1.30. The van der Waals surface area contributed by atoms with Crippen molar-refractivity contribution < 1.29 is 44.0 Å². The molecule has 2 aliphatic carbocycles. The third-order valence-electron chi connectivity index (χ3n) is 8.16. The minimum atomic E-state index is -1.30. The van der Waals surface area contributed by atoms with E-state index in [2.05, 4.69) is 78.0 Å². The molecule has 0 radical (unpaired) electrons. The topological polar surface area (TPSA) is 0 Å². The maximum absolute atomic E-state index is 2.73. The Bertz CT molecular complexity index is 877. The second kappa shape index (κ2) is 8.83. The summed E-state index contributed by atoms with van der Waals surface area (Å²) in [5.74, 6) is 0. The summed E-state index contributed by atoms with van der Waals surface area (Å²) >= 11 is -0.269. The fourth-order valence-electron chi connectivity index (χ4n) is 5.97. The third kappa shape index (κ3) is 3.54. The Labute approximate surface area is 200 Å². The fourth-order valence-corrected chi connectivity index (χ4v) is 17.6. The normalized spacial score (nSPS) is 25.7. The van der Waals surface area contributed by atoms with Crippen LogP contribution in [0.25, 0.3) is 6.08 Å². The van der Waals surface area contributed by atoms with Gasteiger partial charge in [-0.15, -0.1) is 0 Å². The van der Waals surface area contributed by atoms with Crippen LogP contribution in [0.15, 0.2) is 50.9 Å². The van der Waals surface area contributed by atoms with Crippen LogP contribution < -0.4 is 24.8 Å². The molecule has 0 spiro atoms. The van der Waals surface area contributed by atoms with E-state index in [0.29, 0.717) is 3.34 Å². The van der Waals surface area contributed by atoms with Gasteiger partial charge in [-0.2, -0.15) is 0 Å². The fraction of sp³-hybridized carbons (Fsp3) is 0.520. The van der Waals surface area contributed by atoms with Gasteiger partial charge in [0.25, 0.3) is 0 Å². The van der Waals surface area contributed by atoms with Crippen LogP contribution in [0.4, 0.5) is 0 Å². The molecule has 0 saturated carbocycles. The van der Waals surface area contributed by atoms with E-state index in [-0.39, 0.29) is 49.4 Å². The molecule has 0 nitrogen and oxygen atoms in total. The van der Waals surface area contributed by atoms with Crippen molar-refractivity contribution in [2.75, 3.05) is 0 Å². The predicted molar refractivity (Wildman–Crippen MR) is 117 cm³/mol. The number of halogens is 2. The van der Waals surface area contributed by atoms with E-state index >= 15 is 0 Å². The van der Waals surface area contributed by atoms with Crippen molar-refractivity contribution in [1.82, 2.24) is 0 Å². The largest absolute Gasteiger partial charge is 1.00 e. The molecule has 1 aromatic carbocycles. The molecular formula is C25H34Cl2SiTi. The number of rotatable bonds is 5. The van der Waals surface area contributed by atoms with Crippen LogP contribution in [0, 0.1) is 5.41 Å². The van der Waals surface area contributed by atoms with Gasteiger partial charge in [-0.05, 0) is 0 Å². The average Bonchev–Trinajstić information content (AvgIpc) is 3.06. The standard InChI is InChI=1S/C15H19Si.C10H15.2ClH.Ti/c1-2-10-16(11-5-12-16)15-9-8-13-6-3-4-7-14(13)15;1-7-6-10(4,5)9(3)8(7)2;;;/h3-4,6-9H,2,5,10-12H2,1H3;1-5H3;2*1H;/q;;;;+2/p-2. The zero-order chi connectivity index (χ0) is 19.4. The minimum Gasteiger partial charge on any atom is -1.00 e. The van der Waals surface area contributed by atoms with Crippen molar-refractivity contribution in [2.45, 2.75) is 75.9 Å².